The van der Waals surface area contributed by atoms with Crippen molar-refractivity contribution in [2.45, 2.75) is 6.92 Å². The fourth-order valence-corrected chi connectivity index (χ4v) is 1.79. The van der Waals surface area contributed by atoms with Crippen molar-refractivity contribution in [3.05, 3.63) is 59.4 Å². The van der Waals surface area contributed by atoms with Gasteiger partial charge < -0.3 is 10.6 Å². The monoisotopic (exact) mass is 294 g/mol. The van der Waals surface area contributed by atoms with Crippen LogP contribution in [0.5, 0.6) is 0 Å². The van der Waals surface area contributed by atoms with Crippen molar-refractivity contribution in [3.8, 4) is 0 Å². The SMILES string of the molecule is CCNc1ccc(C(=O)Nc2c(F)cc(F)cc2F)cc1. The van der Waals surface area contributed by atoms with Gasteiger partial charge in [-0.05, 0) is 31.2 Å². The lowest BCUT2D eigenvalue weighted by Crippen LogP contribution is -2.14. The summed E-state index contributed by atoms with van der Waals surface area (Å²) in [5.74, 6) is -4.05. The molecule has 0 aliphatic carbocycles. The van der Waals surface area contributed by atoms with Gasteiger partial charge >= 0.3 is 0 Å². The number of anilines is 2. The van der Waals surface area contributed by atoms with E-state index in [2.05, 4.69) is 10.6 Å². The molecule has 0 aliphatic rings. The van der Waals surface area contributed by atoms with Crippen LogP contribution in [0, 0.1) is 17.5 Å². The van der Waals surface area contributed by atoms with E-state index in [1.807, 2.05) is 6.92 Å². The molecule has 0 bridgehead atoms. The number of benzene rings is 2. The van der Waals surface area contributed by atoms with Crippen LogP contribution < -0.4 is 10.6 Å². The summed E-state index contributed by atoms with van der Waals surface area (Å²) in [5.41, 5.74) is 0.394. The zero-order valence-electron chi connectivity index (χ0n) is 11.2. The Balaban J connectivity index is 2.18. The highest BCUT2D eigenvalue weighted by molar-refractivity contribution is 6.04. The van der Waals surface area contributed by atoms with Gasteiger partial charge in [0.1, 0.15) is 11.5 Å². The molecule has 0 saturated carbocycles. The van der Waals surface area contributed by atoms with E-state index in [-0.39, 0.29) is 5.56 Å². The van der Waals surface area contributed by atoms with Crippen LogP contribution >= 0.6 is 0 Å². The van der Waals surface area contributed by atoms with Crippen LogP contribution in [-0.4, -0.2) is 12.5 Å². The smallest absolute Gasteiger partial charge is 0.255 e. The molecular weight excluding hydrogens is 281 g/mol. The molecule has 2 aromatic carbocycles. The Morgan fingerprint density at radius 1 is 1.05 bits per heavy atom. The summed E-state index contributed by atoms with van der Waals surface area (Å²) in [7, 11) is 0. The first kappa shape index (κ1) is 14.9. The van der Waals surface area contributed by atoms with Crippen LogP contribution in [0.1, 0.15) is 17.3 Å². The minimum absolute atomic E-state index is 0.236. The van der Waals surface area contributed by atoms with E-state index in [1.54, 1.807) is 12.1 Å². The van der Waals surface area contributed by atoms with Gasteiger partial charge in [-0.2, -0.15) is 0 Å². The first-order valence-corrected chi connectivity index (χ1v) is 6.31. The first-order chi connectivity index (χ1) is 10.0. The number of amides is 1. The molecule has 0 unspecified atom stereocenters. The fraction of sp³-hybridized carbons (Fsp3) is 0.133. The summed E-state index contributed by atoms with van der Waals surface area (Å²) in [6, 6.07) is 7.41. The predicted molar refractivity (Wildman–Crippen MR) is 74.9 cm³/mol. The van der Waals surface area contributed by atoms with Crippen molar-refractivity contribution in [1.29, 1.82) is 0 Å². The van der Waals surface area contributed by atoms with Crippen molar-refractivity contribution in [2.75, 3.05) is 17.2 Å². The maximum Gasteiger partial charge on any atom is 0.255 e. The minimum Gasteiger partial charge on any atom is -0.385 e. The highest BCUT2D eigenvalue weighted by Gasteiger charge is 2.15. The van der Waals surface area contributed by atoms with Gasteiger partial charge in [-0.25, -0.2) is 13.2 Å². The number of rotatable bonds is 4. The molecule has 0 aromatic heterocycles. The second-order valence-electron chi connectivity index (χ2n) is 4.31. The second-order valence-corrected chi connectivity index (χ2v) is 4.31. The molecular formula is C15H13F3N2O. The Kier molecular flexibility index (Phi) is 4.47. The molecule has 110 valence electrons. The molecule has 1 amide bonds. The molecule has 0 heterocycles. The fourth-order valence-electron chi connectivity index (χ4n) is 1.79. The van der Waals surface area contributed by atoms with Crippen LogP contribution in [0.25, 0.3) is 0 Å². The van der Waals surface area contributed by atoms with Gasteiger partial charge in [0.15, 0.2) is 11.6 Å². The summed E-state index contributed by atoms with van der Waals surface area (Å²) in [4.78, 5) is 11.9. The Labute approximate surface area is 119 Å². The Morgan fingerprint density at radius 2 is 1.62 bits per heavy atom. The quantitative estimate of drug-likeness (QED) is 0.900. The summed E-state index contributed by atoms with van der Waals surface area (Å²) in [6.45, 7) is 2.66. The zero-order valence-corrected chi connectivity index (χ0v) is 11.2. The van der Waals surface area contributed by atoms with Gasteiger partial charge in [0.05, 0.1) is 0 Å². The first-order valence-electron chi connectivity index (χ1n) is 6.31. The Bertz CT molecular complexity index is 633. The third-order valence-electron chi connectivity index (χ3n) is 2.77. The van der Waals surface area contributed by atoms with E-state index in [1.165, 1.54) is 12.1 Å². The molecule has 2 N–H and O–H groups in total. The van der Waals surface area contributed by atoms with Crippen molar-refractivity contribution in [2.24, 2.45) is 0 Å². The molecule has 0 radical (unpaired) electrons. The van der Waals surface area contributed by atoms with E-state index in [4.69, 9.17) is 0 Å². The molecule has 6 heteroatoms. The number of carbonyl (C=O) groups excluding carboxylic acids is 1. The third kappa shape index (κ3) is 3.53. The normalized spacial score (nSPS) is 10.3. The molecule has 3 nitrogen and oxygen atoms in total. The molecule has 0 spiro atoms. The van der Waals surface area contributed by atoms with Gasteiger partial charge in [-0.15, -0.1) is 0 Å². The van der Waals surface area contributed by atoms with Crippen LogP contribution in [0.15, 0.2) is 36.4 Å². The molecule has 21 heavy (non-hydrogen) atoms. The summed E-state index contributed by atoms with van der Waals surface area (Å²) in [6.07, 6.45) is 0. The van der Waals surface area contributed by atoms with E-state index in [9.17, 15) is 18.0 Å². The van der Waals surface area contributed by atoms with Crippen LogP contribution in [0.3, 0.4) is 0 Å². The average Bonchev–Trinajstić information content (AvgIpc) is 2.43. The number of halogens is 3. The van der Waals surface area contributed by atoms with E-state index in [0.717, 1.165) is 12.2 Å². The van der Waals surface area contributed by atoms with Crippen LogP contribution in [0.2, 0.25) is 0 Å². The summed E-state index contributed by atoms with van der Waals surface area (Å²) in [5, 5.41) is 5.15. The van der Waals surface area contributed by atoms with Crippen molar-refractivity contribution in [3.63, 3.8) is 0 Å². The largest absolute Gasteiger partial charge is 0.385 e. The van der Waals surface area contributed by atoms with Crippen molar-refractivity contribution in [1.82, 2.24) is 0 Å². The van der Waals surface area contributed by atoms with Gasteiger partial charge in [-0.1, -0.05) is 0 Å². The van der Waals surface area contributed by atoms with Gasteiger partial charge in [0.2, 0.25) is 0 Å². The molecule has 0 aliphatic heterocycles. The zero-order chi connectivity index (χ0) is 15.4. The molecule has 0 atom stereocenters. The standard InChI is InChI=1S/C15H13F3N2O/c1-2-19-11-5-3-9(4-6-11)15(21)20-14-12(17)7-10(16)8-13(14)18/h3-8,19H,2H2,1H3,(H,20,21). The van der Waals surface area contributed by atoms with Gasteiger partial charge in [0.25, 0.3) is 5.91 Å². The maximum absolute atomic E-state index is 13.4. The van der Waals surface area contributed by atoms with Crippen molar-refractivity contribution >= 4 is 17.3 Å². The number of carbonyl (C=O) groups is 1. The molecule has 2 rings (SSSR count). The predicted octanol–water partition coefficient (Wildman–Crippen LogP) is 3.79. The summed E-state index contributed by atoms with van der Waals surface area (Å²) < 4.78 is 39.7. The molecule has 0 saturated heterocycles. The highest BCUT2D eigenvalue weighted by atomic mass is 19.1. The topological polar surface area (TPSA) is 41.1 Å². The van der Waals surface area contributed by atoms with Gasteiger partial charge in [-0.3, -0.25) is 4.79 Å². The lowest BCUT2D eigenvalue weighted by molar-refractivity contribution is 0.102. The maximum atomic E-state index is 13.4. The Hall–Kier alpha value is -2.50. The second kappa shape index (κ2) is 6.30. The van der Waals surface area contributed by atoms with Crippen LogP contribution in [0.4, 0.5) is 24.5 Å². The van der Waals surface area contributed by atoms with E-state index >= 15 is 0 Å². The molecule has 2 aromatic rings. The average molecular weight is 294 g/mol. The molecule has 0 fully saturated rings. The summed E-state index contributed by atoms with van der Waals surface area (Å²) >= 11 is 0. The number of nitrogens with one attached hydrogen (secondary N) is 2. The minimum atomic E-state index is -1.16. The number of hydrogen-bond donors (Lipinski definition) is 2. The lowest BCUT2D eigenvalue weighted by atomic mass is 10.2. The lowest BCUT2D eigenvalue weighted by Gasteiger charge is -2.09. The van der Waals surface area contributed by atoms with E-state index < -0.39 is 29.0 Å². The van der Waals surface area contributed by atoms with Crippen molar-refractivity contribution < 1.29 is 18.0 Å². The van der Waals surface area contributed by atoms with E-state index in [0.29, 0.717) is 12.1 Å². The van der Waals surface area contributed by atoms with Gasteiger partial charge in [0, 0.05) is 29.9 Å². The third-order valence-corrected chi connectivity index (χ3v) is 2.77. The Morgan fingerprint density at radius 3 is 2.14 bits per heavy atom. The van der Waals surface area contributed by atoms with Crippen LogP contribution in [-0.2, 0) is 0 Å². The highest BCUT2D eigenvalue weighted by Crippen LogP contribution is 2.21. The number of hydrogen-bond acceptors (Lipinski definition) is 2.